The van der Waals surface area contributed by atoms with Crippen molar-refractivity contribution in [3.63, 3.8) is 0 Å². The standard InChI is InChI=1S/C8H12O4.C7H10O4/c1-11-7(9)5-3-4-6(5)8(10)12-2;1-11-7(10)5-3-2-4(5)6(8)9/h5-6H,3-4H2,1-2H3;4-5H,2-3H2,1H3,(H,8,9)/t5-,6-;4-,5-/m11/s1. The minimum atomic E-state index is -0.897. The summed E-state index contributed by atoms with van der Waals surface area (Å²) >= 11 is 0. The number of carbonyl (C=O) groups excluding carboxylic acids is 3. The van der Waals surface area contributed by atoms with Crippen molar-refractivity contribution in [2.45, 2.75) is 25.7 Å². The van der Waals surface area contributed by atoms with Gasteiger partial charge in [0.2, 0.25) is 0 Å². The first-order valence-electron chi connectivity index (χ1n) is 7.33. The second-order valence-electron chi connectivity index (χ2n) is 5.49. The number of methoxy groups -OCH3 is 3. The van der Waals surface area contributed by atoms with Gasteiger partial charge < -0.3 is 19.3 Å². The Balaban J connectivity index is 0.000000231. The summed E-state index contributed by atoms with van der Waals surface area (Å²) < 4.78 is 13.5. The molecule has 0 aromatic heterocycles. The van der Waals surface area contributed by atoms with E-state index in [1.54, 1.807) is 0 Å². The van der Waals surface area contributed by atoms with Crippen LogP contribution >= 0.6 is 0 Å². The Morgan fingerprint density at radius 2 is 0.913 bits per heavy atom. The predicted molar refractivity (Wildman–Crippen MR) is 76.1 cm³/mol. The van der Waals surface area contributed by atoms with Gasteiger partial charge in [-0.1, -0.05) is 0 Å². The summed E-state index contributed by atoms with van der Waals surface area (Å²) in [5, 5.41) is 8.54. The molecule has 8 heteroatoms. The molecule has 2 fully saturated rings. The lowest BCUT2D eigenvalue weighted by Crippen LogP contribution is -2.39. The van der Waals surface area contributed by atoms with E-state index in [-0.39, 0.29) is 23.8 Å². The number of rotatable bonds is 4. The van der Waals surface area contributed by atoms with Gasteiger partial charge in [-0.05, 0) is 25.7 Å². The molecule has 8 nitrogen and oxygen atoms in total. The van der Waals surface area contributed by atoms with Crippen LogP contribution in [0.4, 0.5) is 0 Å². The smallest absolute Gasteiger partial charge is 0.309 e. The highest BCUT2D eigenvalue weighted by molar-refractivity contribution is 5.84. The van der Waals surface area contributed by atoms with E-state index in [1.807, 2.05) is 0 Å². The van der Waals surface area contributed by atoms with Gasteiger partial charge in [-0.2, -0.15) is 0 Å². The van der Waals surface area contributed by atoms with Gasteiger partial charge in [-0.25, -0.2) is 0 Å². The van der Waals surface area contributed by atoms with Crippen molar-refractivity contribution in [1.82, 2.24) is 0 Å². The Hall–Kier alpha value is -2.12. The number of ether oxygens (including phenoxy) is 3. The van der Waals surface area contributed by atoms with Crippen molar-refractivity contribution in [1.29, 1.82) is 0 Å². The van der Waals surface area contributed by atoms with E-state index in [1.165, 1.54) is 21.3 Å². The minimum absolute atomic E-state index is 0.276. The molecule has 0 amide bonds. The number of carboxylic acids is 1. The Morgan fingerprint density at radius 3 is 1.09 bits per heavy atom. The fourth-order valence-electron chi connectivity index (χ4n) is 2.60. The molecule has 0 unspecified atom stereocenters. The third-order valence-corrected chi connectivity index (χ3v) is 4.38. The molecule has 0 radical (unpaired) electrons. The Labute approximate surface area is 134 Å². The molecule has 0 spiro atoms. The summed E-state index contributed by atoms with van der Waals surface area (Å²) in [4.78, 5) is 43.2. The summed E-state index contributed by atoms with van der Waals surface area (Å²) in [5.74, 6) is -3.38. The fraction of sp³-hybridized carbons (Fsp3) is 0.733. The maximum Gasteiger partial charge on any atom is 0.309 e. The number of carboxylic acid groups (broad SMARTS) is 1. The lowest BCUT2D eigenvalue weighted by molar-refractivity contribution is -0.164. The van der Waals surface area contributed by atoms with E-state index in [0.29, 0.717) is 12.8 Å². The molecule has 0 aromatic carbocycles. The quantitative estimate of drug-likeness (QED) is 0.589. The zero-order valence-corrected chi connectivity index (χ0v) is 13.4. The van der Waals surface area contributed by atoms with Crippen LogP contribution in [0.15, 0.2) is 0 Å². The Morgan fingerprint density at radius 1 is 0.652 bits per heavy atom. The third kappa shape index (κ3) is 4.43. The van der Waals surface area contributed by atoms with Crippen LogP contribution in [0.5, 0.6) is 0 Å². The summed E-state index contributed by atoms with van der Waals surface area (Å²) in [6.45, 7) is 0. The number of carbonyl (C=O) groups is 4. The highest BCUT2D eigenvalue weighted by Crippen LogP contribution is 2.36. The highest BCUT2D eigenvalue weighted by Gasteiger charge is 2.43. The van der Waals surface area contributed by atoms with E-state index in [4.69, 9.17) is 5.11 Å². The van der Waals surface area contributed by atoms with Crippen LogP contribution in [0, 0.1) is 23.7 Å². The van der Waals surface area contributed by atoms with Crippen LogP contribution in [0.2, 0.25) is 0 Å². The molecule has 0 aromatic rings. The lowest BCUT2D eigenvalue weighted by atomic mass is 9.74. The molecule has 2 aliphatic carbocycles. The fourth-order valence-corrected chi connectivity index (χ4v) is 2.60. The highest BCUT2D eigenvalue weighted by atomic mass is 16.5. The Kier molecular flexibility index (Phi) is 6.99. The Bertz CT molecular complexity index is 450. The van der Waals surface area contributed by atoms with E-state index < -0.39 is 23.8 Å². The van der Waals surface area contributed by atoms with Crippen molar-refractivity contribution < 1.29 is 38.5 Å². The summed E-state index contributed by atoms with van der Waals surface area (Å²) in [5.41, 5.74) is 0. The van der Waals surface area contributed by atoms with Crippen LogP contribution in [-0.2, 0) is 33.4 Å². The SMILES string of the molecule is COC(=O)[C@@H]1CC[C@H]1C(=O)O.COC(=O)[C@@H]1CC[C@H]1C(=O)OC. The maximum atomic E-state index is 11.0. The van der Waals surface area contributed by atoms with Crippen molar-refractivity contribution in [3.8, 4) is 0 Å². The van der Waals surface area contributed by atoms with Gasteiger partial charge in [0.25, 0.3) is 0 Å². The average molecular weight is 330 g/mol. The molecule has 0 heterocycles. The van der Waals surface area contributed by atoms with Crippen LogP contribution in [0.25, 0.3) is 0 Å². The molecule has 0 aliphatic heterocycles. The molecule has 1 N–H and O–H groups in total. The topological polar surface area (TPSA) is 116 Å². The van der Waals surface area contributed by atoms with E-state index in [2.05, 4.69) is 14.2 Å². The molecule has 2 aliphatic rings. The zero-order chi connectivity index (χ0) is 17.6. The third-order valence-electron chi connectivity index (χ3n) is 4.38. The van der Waals surface area contributed by atoms with E-state index in [9.17, 15) is 19.2 Å². The van der Waals surface area contributed by atoms with E-state index in [0.717, 1.165) is 12.8 Å². The van der Waals surface area contributed by atoms with Crippen LogP contribution < -0.4 is 0 Å². The molecule has 0 saturated heterocycles. The number of hydrogen-bond acceptors (Lipinski definition) is 7. The van der Waals surface area contributed by atoms with Crippen molar-refractivity contribution in [2.24, 2.45) is 23.7 Å². The second-order valence-corrected chi connectivity index (χ2v) is 5.49. The van der Waals surface area contributed by atoms with Crippen molar-refractivity contribution in [2.75, 3.05) is 21.3 Å². The number of esters is 3. The molecule has 0 bridgehead atoms. The van der Waals surface area contributed by atoms with Crippen LogP contribution in [0.3, 0.4) is 0 Å². The zero-order valence-electron chi connectivity index (χ0n) is 13.4. The predicted octanol–water partition coefficient (Wildman–Crippen LogP) is 0.629. The normalized spacial score (nSPS) is 28.0. The van der Waals surface area contributed by atoms with Gasteiger partial charge in [0.15, 0.2) is 0 Å². The van der Waals surface area contributed by atoms with Crippen molar-refractivity contribution >= 4 is 23.9 Å². The lowest BCUT2D eigenvalue weighted by Gasteiger charge is -2.31. The van der Waals surface area contributed by atoms with Gasteiger partial charge in [0.1, 0.15) is 0 Å². The first kappa shape index (κ1) is 18.9. The summed E-state index contributed by atoms with van der Waals surface area (Å²) in [7, 11) is 3.93. The molecular weight excluding hydrogens is 308 g/mol. The first-order valence-corrected chi connectivity index (χ1v) is 7.33. The minimum Gasteiger partial charge on any atom is -0.481 e. The van der Waals surface area contributed by atoms with Gasteiger partial charge in [0, 0.05) is 0 Å². The number of aliphatic carboxylic acids is 1. The second kappa shape index (κ2) is 8.50. The molecule has 23 heavy (non-hydrogen) atoms. The van der Waals surface area contributed by atoms with Crippen molar-refractivity contribution in [3.05, 3.63) is 0 Å². The van der Waals surface area contributed by atoms with Crippen LogP contribution in [0.1, 0.15) is 25.7 Å². The maximum absolute atomic E-state index is 11.0. The van der Waals surface area contributed by atoms with Gasteiger partial charge in [-0.3, -0.25) is 19.2 Å². The average Bonchev–Trinajstić information content (AvgIpc) is 2.44. The molecule has 4 atom stereocenters. The molecular formula is C15H22O8. The van der Waals surface area contributed by atoms with E-state index >= 15 is 0 Å². The monoisotopic (exact) mass is 330 g/mol. The number of hydrogen-bond donors (Lipinski definition) is 1. The molecule has 2 saturated carbocycles. The summed E-state index contributed by atoms with van der Waals surface area (Å²) in [6.07, 6.45) is 2.69. The molecule has 2 rings (SSSR count). The van der Waals surface area contributed by atoms with Gasteiger partial charge in [0.05, 0.1) is 45.0 Å². The van der Waals surface area contributed by atoms with Gasteiger partial charge in [-0.15, -0.1) is 0 Å². The first-order chi connectivity index (χ1) is 10.9. The molecule has 130 valence electrons. The van der Waals surface area contributed by atoms with Crippen LogP contribution in [-0.4, -0.2) is 50.3 Å². The largest absolute Gasteiger partial charge is 0.481 e. The van der Waals surface area contributed by atoms with Gasteiger partial charge >= 0.3 is 23.9 Å². The summed E-state index contributed by atoms with van der Waals surface area (Å²) in [6, 6.07) is 0.